The van der Waals surface area contributed by atoms with Gasteiger partial charge in [0.1, 0.15) is 11.3 Å². The maximum Gasteiger partial charge on any atom is 0.243 e. The highest BCUT2D eigenvalue weighted by atomic mass is 16.5. The van der Waals surface area contributed by atoms with E-state index in [4.69, 9.17) is 15.2 Å². The van der Waals surface area contributed by atoms with Gasteiger partial charge in [0.05, 0.1) is 18.9 Å². The number of hydrogen-bond donors (Lipinski definition) is 2. The summed E-state index contributed by atoms with van der Waals surface area (Å²) in [5.41, 5.74) is 5.61. The second kappa shape index (κ2) is 5.48. The summed E-state index contributed by atoms with van der Waals surface area (Å²) in [6.07, 6.45) is 1.12. The van der Waals surface area contributed by atoms with Crippen LogP contribution in [0.25, 0.3) is 0 Å². The fourth-order valence-electron chi connectivity index (χ4n) is 2.49. The van der Waals surface area contributed by atoms with Gasteiger partial charge in [0.15, 0.2) is 0 Å². The van der Waals surface area contributed by atoms with Crippen LogP contribution in [0, 0.1) is 0 Å². The molecule has 104 valence electrons. The van der Waals surface area contributed by atoms with E-state index in [1.807, 2.05) is 31.2 Å². The number of amides is 1. The second-order valence-corrected chi connectivity index (χ2v) is 4.91. The number of nitrogens with two attached hydrogens (primary N) is 1. The van der Waals surface area contributed by atoms with Gasteiger partial charge in [0.2, 0.25) is 5.91 Å². The number of carbonyl (C=O) groups is 1. The van der Waals surface area contributed by atoms with Gasteiger partial charge in [-0.1, -0.05) is 12.1 Å². The molecule has 0 radical (unpaired) electrons. The predicted molar refractivity (Wildman–Crippen MR) is 73.2 cm³/mol. The van der Waals surface area contributed by atoms with Crippen molar-refractivity contribution in [1.29, 1.82) is 0 Å². The molecular formula is C14H20N2O3. The van der Waals surface area contributed by atoms with E-state index in [0.29, 0.717) is 25.2 Å². The van der Waals surface area contributed by atoms with Gasteiger partial charge in [-0.25, -0.2) is 0 Å². The maximum absolute atomic E-state index is 11.9. The minimum absolute atomic E-state index is 0.00320. The number of para-hydroxylation sites is 2. The van der Waals surface area contributed by atoms with Crippen molar-refractivity contribution in [2.75, 3.05) is 19.0 Å². The molecule has 0 bridgehead atoms. The Balaban J connectivity index is 2.28. The van der Waals surface area contributed by atoms with Crippen LogP contribution in [0.1, 0.15) is 19.8 Å². The van der Waals surface area contributed by atoms with E-state index in [1.165, 1.54) is 0 Å². The van der Waals surface area contributed by atoms with Gasteiger partial charge in [-0.3, -0.25) is 4.79 Å². The van der Waals surface area contributed by atoms with Gasteiger partial charge in [-0.2, -0.15) is 0 Å². The molecule has 0 spiro atoms. The van der Waals surface area contributed by atoms with Gasteiger partial charge in [-0.15, -0.1) is 0 Å². The molecule has 1 amide bonds. The molecule has 1 aromatic carbocycles. The molecule has 1 heterocycles. The molecule has 2 atom stereocenters. The van der Waals surface area contributed by atoms with E-state index in [2.05, 4.69) is 5.32 Å². The van der Waals surface area contributed by atoms with Gasteiger partial charge in [0.25, 0.3) is 0 Å². The van der Waals surface area contributed by atoms with Crippen LogP contribution in [0.15, 0.2) is 24.3 Å². The number of hydrogen-bond acceptors (Lipinski definition) is 4. The average Bonchev–Trinajstić information content (AvgIpc) is 2.39. The normalized spacial score (nSPS) is 26.7. The standard InChI is InChI=1S/C14H20N2O3/c1-10-9-14(13(15)17,7-8-19-10)16-11-5-3-4-6-12(11)18-2/h3-6,10,16H,7-9H2,1-2H3,(H2,15,17). The first-order valence-corrected chi connectivity index (χ1v) is 6.40. The first-order valence-electron chi connectivity index (χ1n) is 6.40. The third-order valence-corrected chi connectivity index (χ3v) is 3.52. The number of benzene rings is 1. The summed E-state index contributed by atoms with van der Waals surface area (Å²) in [4.78, 5) is 11.9. The van der Waals surface area contributed by atoms with Crippen molar-refractivity contribution in [1.82, 2.24) is 0 Å². The summed E-state index contributed by atoms with van der Waals surface area (Å²) < 4.78 is 10.8. The number of anilines is 1. The van der Waals surface area contributed by atoms with Crippen molar-refractivity contribution in [3.8, 4) is 5.75 Å². The van der Waals surface area contributed by atoms with Crippen LogP contribution in [-0.2, 0) is 9.53 Å². The van der Waals surface area contributed by atoms with Crippen LogP contribution >= 0.6 is 0 Å². The summed E-state index contributed by atoms with van der Waals surface area (Å²) in [6, 6.07) is 7.50. The quantitative estimate of drug-likeness (QED) is 0.865. The fourth-order valence-corrected chi connectivity index (χ4v) is 2.49. The minimum atomic E-state index is -0.772. The molecule has 1 saturated heterocycles. The van der Waals surface area contributed by atoms with E-state index in [0.717, 1.165) is 5.69 Å². The molecule has 1 aliphatic heterocycles. The molecular weight excluding hydrogens is 244 g/mol. The number of nitrogens with one attached hydrogen (secondary N) is 1. The Kier molecular flexibility index (Phi) is 3.95. The first-order chi connectivity index (χ1) is 9.07. The smallest absolute Gasteiger partial charge is 0.243 e. The van der Waals surface area contributed by atoms with Gasteiger partial charge >= 0.3 is 0 Å². The lowest BCUT2D eigenvalue weighted by Gasteiger charge is -2.39. The number of carbonyl (C=O) groups excluding carboxylic acids is 1. The fraction of sp³-hybridized carbons (Fsp3) is 0.500. The van der Waals surface area contributed by atoms with E-state index in [1.54, 1.807) is 7.11 Å². The lowest BCUT2D eigenvalue weighted by molar-refractivity contribution is -0.127. The highest BCUT2D eigenvalue weighted by molar-refractivity contribution is 5.88. The Morgan fingerprint density at radius 2 is 2.26 bits per heavy atom. The zero-order valence-electron chi connectivity index (χ0n) is 11.3. The molecule has 2 unspecified atom stereocenters. The third-order valence-electron chi connectivity index (χ3n) is 3.52. The van der Waals surface area contributed by atoms with Gasteiger partial charge in [-0.05, 0) is 19.1 Å². The molecule has 1 aromatic rings. The SMILES string of the molecule is COc1ccccc1NC1(C(N)=O)CCOC(C)C1. The van der Waals surface area contributed by atoms with Crippen LogP contribution in [0.3, 0.4) is 0 Å². The van der Waals surface area contributed by atoms with Crippen molar-refractivity contribution in [3.63, 3.8) is 0 Å². The molecule has 19 heavy (non-hydrogen) atoms. The third kappa shape index (κ3) is 2.81. The monoisotopic (exact) mass is 264 g/mol. The van der Waals surface area contributed by atoms with E-state index < -0.39 is 5.54 Å². The summed E-state index contributed by atoms with van der Waals surface area (Å²) in [5, 5.41) is 3.26. The first kappa shape index (κ1) is 13.7. The summed E-state index contributed by atoms with van der Waals surface area (Å²) in [5.74, 6) is 0.343. The van der Waals surface area contributed by atoms with E-state index in [-0.39, 0.29) is 12.0 Å². The average molecular weight is 264 g/mol. The van der Waals surface area contributed by atoms with E-state index in [9.17, 15) is 4.79 Å². The molecule has 1 fully saturated rings. The molecule has 3 N–H and O–H groups in total. The Morgan fingerprint density at radius 1 is 1.53 bits per heavy atom. The number of ether oxygens (including phenoxy) is 2. The predicted octanol–water partition coefficient (Wildman–Crippen LogP) is 1.53. The molecule has 0 aromatic heterocycles. The lowest BCUT2D eigenvalue weighted by atomic mass is 9.86. The molecule has 2 rings (SSSR count). The highest BCUT2D eigenvalue weighted by Crippen LogP contribution is 2.33. The summed E-state index contributed by atoms with van der Waals surface area (Å²) in [7, 11) is 1.60. The minimum Gasteiger partial charge on any atom is -0.495 e. The number of methoxy groups -OCH3 is 1. The topological polar surface area (TPSA) is 73.6 Å². The van der Waals surface area contributed by atoms with Crippen molar-refractivity contribution >= 4 is 11.6 Å². The van der Waals surface area contributed by atoms with Crippen molar-refractivity contribution in [2.24, 2.45) is 5.73 Å². The highest BCUT2D eigenvalue weighted by Gasteiger charge is 2.41. The molecule has 5 nitrogen and oxygen atoms in total. The summed E-state index contributed by atoms with van der Waals surface area (Å²) in [6.45, 7) is 2.47. The number of primary amides is 1. The maximum atomic E-state index is 11.9. The van der Waals surface area contributed by atoms with Crippen molar-refractivity contribution in [2.45, 2.75) is 31.4 Å². The van der Waals surface area contributed by atoms with Crippen LogP contribution < -0.4 is 15.8 Å². The Hall–Kier alpha value is -1.75. The number of rotatable bonds is 4. The Bertz CT molecular complexity index is 464. The van der Waals surface area contributed by atoms with Crippen LogP contribution in [0.2, 0.25) is 0 Å². The van der Waals surface area contributed by atoms with Crippen molar-refractivity contribution < 1.29 is 14.3 Å². The lowest BCUT2D eigenvalue weighted by Crippen LogP contribution is -2.55. The zero-order chi connectivity index (χ0) is 13.9. The molecule has 0 aliphatic carbocycles. The van der Waals surface area contributed by atoms with Crippen LogP contribution in [-0.4, -0.2) is 31.3 Å². The molecule has 0 saturated carbocycles. The largest absolute Gasteiger partial charge is 0.495 e. The Morgan fingerprint density at radius 3 is 2.89 bits per heavy atom. The molecule has 1 aliphatic rings. The van der Waals surface area contributed by atoms with Crippen LogP contribution in [0.5, 0.6) is 5.75 Å². The van der Waals surface area contributed by atoms with Crippen molar-refractivity contribution in [3.05, 3.63) is 24.3 Å². The Labute approximate surface area is 113 Å². The molecule has 5 heteroatoms. The van der Waals surface area contributed by atoms with E-state index >= 15 is 0 Å². The van der Waals surface area contributed by atoms with Gasteiger partial charge in [0, 0.05) is 19.4 Å². The zero-order valence-corrected chi connectivity index (χ0v) is 11.3. The second-order valence-electron chi connectivity index (χ2n) is 4.91. The van der Waals surface area contributed by atoms with Gasteiger partial charge < -0.3 is 20.5 Å². The van der Waals surface area contributed by atoms with Crippen LogP contribution in [0.4, 0.5) is 5.69 Å². The summed E-state index contributed by atoms with van der Waals surface area (Å²) >= 11 is 0.